The molecular weight excluding hydrogens is 484 g/mol. The average Bonchev–Trinajstić information content (AvgIpc) is 2.86. The Morgan fingerprint density at radius 2 is 1.74 bits per heavy atom. The van der Waals surface area contributed by atoms with Crippen molar-refractivity contribution in [3.63, 3.8) is 0 Å². The standard InChI is InChI=1S/C27H23ClN2O4S/c1-18-6-11-23(12-7-18)35(32,33)30-17-26(34-25-13-10-22(28)15-24(25)30)27(31)29-16-19-8-9-20-4-2-3-5-21(20)14-19/h2-15,26H,16-17H2,1H3,(H,29,31)/t26-/m1/s1. The summed E-state index contributed by atoms with van der Waals surface area (Å²) in [5.74, 6) is -0.120. The van der Waals surface area contributed by atoms with Crippen LogP contribution in [-0.2, 0) is 21.4 Å². The number of sulfonamides is 1. The van der Waals surface area contributed by atoms with Crippen molar-refractivity contribution in [2.24, 2.45) is 0 Å². The first-order chi connectivity index (χ1) is 16.8. The molecule has 1 amide bonds. The number of hydrogen-bond donors (Lipinski definition) is 1. The normalized spacial score (nSPS) is 15.4. The van der Waals surface area contributed by atoms with Gasteiger partial charge in [-0.3, -0.25) is 9.10 Å². The number of carbonyl (C=O) groups is 1. The fourth-order valence-electron chi connectivity index (χ4n) is 4.08. The fourth-order valence-corrected chi connectivity index (χ4v) is 5.71. The highest BCUT2D eigenvalue weighted by Crippen LogP contribution is 2.39. The number of ether oxygens (including phenoxy) is 1. The maximum Gasteiger partial charge on any atom is 0.264 e. The minimum Gasteiger partial charge on any atom is -0.476 e. The summed E-state index contributed by atoms with van der Waals surface area (Å²) >= 11 is 6.16. The second-order valence-corrected chi connectivity index (χ2v) is 10.8. The van der Waals surface area contributed by atoms with E-state index in [2.05, 4.69) is 5.32 Å². The summed E-state index contributed by atoms with van der Waals surface area (Å²) < 4.78 is 34.2. The van der Waals surface area contributed by atoms with E-state index in [1.165, 1.54) is 10.4 Å². The summed E-state index contributed by atoms with van der Waals surface area (Å²) in [5.41, 5.74) is 2.18. The maximum atomic E-state index is 13.5. The van der Waals surface area contributed by atoms with Gasteiger partial charge >= 0.3 is 0 Å². The van der Waals surface area contributed by atoms with E-state index in [1.54, 1.807) is 36.4 Å². The predicted octanol–water partition coefficient (Wildman–Crippen LogP) is 5.07. The lowest BCUT2D eigenvalue weighted by molar-refractivity contribution is -0.127. The Balaban J connectivity index is 1.40. The van der Waals surface area contributed by atoms with E-state index in [4.69, 9.17) is 16.3 Å². The first-order valence-corrected chi connectivity index (χ1v) is 12.9. The molecule has 1 atom stereocenters. The first kappa shape index (κ1) is 23.2. The molecule has 0 spiro atoms. The lowest BCUT2D eigenvalue weighted by atomic mass is 10.1. The number of carbonyl (C=O) groups excluding carboxylic acids is 1. The minimum absolute atomic E-state index is 0.131. The van der Waals surface area contributed by atoms with Crippen LogP contribution in [0.25, 0.3) is 10.8 Å². The number of hydrogen-bond acceptors (Lipinski definition) is 4. The molecule has 1 aliphatic heterocycles. The van der Waals surface area contributed by atoms with Crippen molar-refractivity contribution in [2.75, 3.05) is 10.8 Å². The van der Waals surface area contributed by atoms with Crippen molar-refractivity contribution >= 4 is 44.0 Å². The van der Waals surface area contributed by atoms with Crippen molar-refractivity contribution in [3.8, 4) is 5.75 Å². The van der Waals surface area contributed by atoms with Gasteiger partial charge in [0.2, 0.25) is 0 Å². The molecule has 1 N–H and O–H groups in total. The summed E-state index contributed by atoms with van der Waals surface area (Å²) in [5, 5.41) is 5.45. The molecule has 1 aliphatic rings. The summed E-state index contributed by atoms with van der Waals surface area (Å²) in [6, 6.07) is 25.3. The first-order valence-electron chi connectivity index (χ1n) is 11.1. The third-order valence-corrected chi connectivity index (χ3v) is 8.00. The van der Waals surface area contributed by atoms with E-state index >= 15 is 0 Å². The van der Waals surface area contributed by atoms with Crippen molar-refractivity contribution in [3.05, 3.63) is 101 Å². The van der Waals surface area contributed by atoms with E-state index in [-0.39, 0.29) is 17.2 Å². The van der Waals surface area contributed by atoms with Crippen LogP contribution in [-0.4, -0.2) is 27.0 Å². The molecule has 0 radical (unpaired) electrons. The summed E-state index contributed by atoms with van der Waals surface area (Å²) in [4.78, 5) is 13.2. The van der Waals surface area contributed by atoms with Gasteiger partial charge in [0.05, 0.1) is 17.1 Å². The van der Waals surface area contributed by atoms with Gasteiger partial charge in [0.25, 0.3) is 15.9 Å². The van der Waals surface area contributed by atoms with E-state index in [9.17, 15) is 13.2 Å². The number of amides is 1. The summed E-state index contributed by atoms with van der Waals surface area (Å²) in [6.07, 6.45) is -1.02. The number of anilines is 1. The number of halogens is 1. The molecule has 0 aromatic heterocycles. The lowest BCUT2D eigenvalue weighted by Crippen LogP contribution is -2.50. The molecule has 8 heteroatoms. The number of nitrogens with one attached hydrogen (secondary N) is 1. The van der Waals surface area contributed by atoms with E-state index in [0.717, 1.165) is 21.9 Å². The van der Waals surface area contributed by atoms with Crippen LogP contribution in [0.5, 0.6) is 5.75 Å². The molecule has 0 saturated heterocycles. The highest BCUT2D eigenvalue weighted by atomic mass is 35.5. The molecule has 0 saturated carbocycles. The quantitative estimate of drug-likeness (QED) is 0.410. The SMILES string of the molecule is Cc1ccc(S(=O)(=O)N2C[C@H](C(=O)NCc3ccc4ccccc4c3)Oc3ccc(Cl)cc32)cc1. The number of aryl methyl sites for hydroxylation is 1. The van der Waals surface area contributed by atoms with Crippen molar-refractivity contribution in [1.82, 2.24) is 5.32 Å². The second kappa shape index (κ2) is 9.24. The van der Waals surface area contributed by atoms with Gasteiger partial charge in [-0.1, -0.05) is 65.7 Å². The van der Waals surface area contributed by atoms with Gasteiger partial charge in [-0.15, -0.1) is 0 Å². The van der Waals surface area contributed by atoms with Crippen LogP contribution in [0.15, 0.2) is 89.8 Å². The average molecular weight is 507 g/mol. The number of benzene rings is 4. The molecule has 0 bridgehead atoms. The molecule has 6 nitrogen and oxygen atoms in total. The highest BCUT2D eigenvalue weighted by molar-refractivity contribution is 7.92. The smallest absolute Gasteiger partial charge is 0.264 e. The molecule has 0 aliphatic carbocycles. The number of rotatable bonds is 5. The fraction of sp³-hybridized carbons (Fsp3) is 0.148. The third kappa shape index (κ3) is 4.70. The maximum absolute atomic E-state index is 13.5. The van der Waals surface area contributed by atoms with Gasteiger partial charge in [-0.25, -0.2) is 8.42 Å². The van der Waals surface area contributed by atoms with E-state index in [1.807, 2.05) is 49.4 Å². The predicted molar refractivity (Wildman–Crippen MR) is 137 cm³/mol. The molecule has 5 rings (SSSR count). The van der Waals surface area contributed by atoms with Crippen LogP contribution in [0.3, 0.4) is 0 Å². The molecule has 4 aromatic carbocycles. The Bertz CT molecular complexity index is 1520. The molecule has 178 valence electrons. The summed E-state index contributed by atoms with van der Waals surface area (Å²) in [6.45, 7) is 2.00. The Morgan fingerprint density at radius 1 is 1.00 bits per heavy atom. The van der Waals surface area contributed by atoms with Gasteiger partial charge in [0.1, 0.15) is 5.75 Å². The Labute approximate surface area is 209 Å². The Hall–Kier alpha value is -3.55. The minimum atomic E-state index is -3.95. The lowest BCUT2D eigenvalue weighted by Gasteiger charge is -2.35. The third-order valence-electron chi connectivity index (χ3n) is 5.97. The van der Waals surface area contributed by atoms with Gasteiger partial charge in [0, 0.05) is 11.6 Å². The molecule has 0 unspecified atom stereocenters. The Kier molecular flexibility index (Phi) is 6.13. The van der Waals surface area contributed by atoms with E-state index < -0.39 is 22.0 Å². The molecule has 1 heterocycles. The Morgan fingerprint density at radius 3 is 2.51 bits per heavy atom. The van der Waals surface area contributed by atoms with Crippen LogP contribution in [0, 0.1) is 6.92 Å². The van der Waals surface area contributed by atoms with Gasteiger partial charge in [0.15, 0.2) is 6.10 Å². The van der Waals surface area contributed by atoms with E-state index in [0.29, 0.717) is 17.3 Å². The van der Waals surface area contributed by atoms with Crippen LogP contribution >= 0.6 is 11.6 Å². The molecule has 0 fully saturated rings. The molecular formula is C27H23ClN2O4S. The van der Waals surface area contributed by atoms with Crippen molar-refractivity contribution < 1.29 is 17.9 Å². The van der Waals surface area contributed by atoms with Gasteiger partial charge in [-0.05, 0) is 59.7 Å². The molecule has 35 heavy (non-hydrogen) atoms. The topological polar surface area (TPSA) is 75.7 Å². The number of fused-ring (bicyclic) bond motifs is 2. The van der Waals surface area contributed by atoms with Gasteiger partial charge in [-0.2, -0.15) is 0 Å². The monoisotopic (exact) mass is 506 g/mol. The second-order valence-electron chi connectivity index (χ2n) is 8.47. The zero-order valence-corrected chi connectivity index (χ0v) is 20.5. The zero-order chi connectivity index (χ0) is 24.6. The number of nitrogens with zero attached hydrogens (tertiary/aromatic N) is 1. The van der Waals surface area contributed by atoms with Crippen LogP contribution in [0.4, 0.5) is 5.69 Å². The zero-order valence-electron chi connectivity index (χ0n) is 18.9. The van der Waals surface area contributed by atoms with Crippen molar-refractivity contribution in [1.29, 1.82) is 0 Å². The van der Waals surface area contributed by atoms with Crippen LogP contribution in [0.2, 0.25) is 5.02 Å². The molecule has 4 aromatic rings. The van der Waals surface area contributed by atoms with Crippen molar-refractivity contribution in [2.45, 2.75) is 24.5 Å². The van der Waals surface area contributed by atoms with Crippen LogP contribution in [0.1, 0.15) is 11.1 Å². The summed E-state index contributed by atoms with van der Waals surface area (Å²) in [7, 11) is -3.95. The highest BCUT2D eigenvalue weighted by Gasteiger charge is 2.37. The van der Waals surface area contributed by atoms with Gasteiger partial charge < -0.3 is 10.1 Å². The van der Waals surface area contributed by atoms with Crippen LogP contribution < -0.4 is 14.4 Å². The largest absolute Gasteiger partial charge is 0.476 e.